The van der Waals surface area contributed by atoms with Gasteiger partial charge in [0.1, 0.15) is 11.0 Å². The van der Waals surface area contributed by atoms with Gasteiger partial charge in [-0.1, -0.05) is 50.3 Å². The van der Waals surface area contributed by atoms with Crippen LogP contribution in [0.5, 0.6) is 0 Å². The zero-order chi connectivity index (χ0) is 22.0. The third-order valence-corrected chi connectivity index (χ3v) is 7.03. The van der Waals surface area contributed by atoms with Gasteiger partial charge in [-0.15, -0.1) is 6.58 Å². The fourth-order valence-corrected chi connectivity index (χ4v) is 4.70. The second-order valence-electron chi connectivity index (χ2n) is 6.72. The highest BCUT2D eigenvalue weighted by atomic mass is 32.2. The molecule has 29 heavy (non-hydrogen) atoms. The third-order valence-electron chi connectivity index (χ3n) is 4.68. The van der Waals surface area contributed by atoms with E-state index in [0.29, 0.717) is 31.7 Å². The first-order valence-corrected chi connectivity index (χ1v) is 11.3. The van der Waals surface area contributed by atoms with Crippen molar-refractivity contribution in [2.45, 2.75) is 59.0 Å². The Morgan fingerprint density at radius 3 is 2.24 bits per heavy atom. The second-order valence-corrected chi connectivity index (χ2v) is 8.98. The van der Waals surface area contributed by atoms with Gasteiger partial charge < -0.3 is 9.47 Å². The van der Waals surface area contributed by atoms with Crippen LogP contribution in [0.4, 0.5) is 0 Å². The minimum Gasteiger partial charge on any atom is -0.430 e. The fraction of sp³-hybridized carbons (Fsp3) is 0.500. The standard InChI is InChI=1S/C22H33NO5S/c1-7-13-21(27-16-20-14-11-10-12-15-20)17(4)22(28-19(6)24)18(5)29(25,26)23(8-2)9-3/h7,10-12,14-15,18,21H,1,8-9,13,16H2,2-6H3/b22-17+/t18-,21+/m0/s1. The fourth-order valence-electron chi connectivity index (χ4n) is 3.03. The van der Waals surface area contributed by atoms with Crippen LogP contribution in [0, 0.1) is 0 Å². The molecule has 1 aromatic carbocycles. The smallest absolute Gasteiger partial charge is 0.307 e. The molecule has 0 saturated heterocycles. The zero-order valence-electron chi connectivity index (χ0n) is 18.1. The summed E-state index contributed by atoms with van der Waals surface area (Å²) in [5, 5.41) is -1.01. The SMILES string of the molecule is C=CC[C@@H](OCc1ccccc1)/C(C)=C(/OC(C)=O)[C@H](C)S(=O)(=O)N(CC)CC. The molecule has 0 heterocycles. The molecule has 0 amide bonds. The number of nitrogens with zero attached hydrogens (tertiary/aromatic N) is 1. The van der Waals surface area contributed by atoms with Gasteiger partial charge in [0.15, 0.2) is 0 Å². The van der Waals surface area contributed by atoms with Crippen molar-refractivity contribution in [1.82, 2.24) is 4.31 Å². The molecule has 162 valence electrons. The first-order valence-electron chi connectivity index (χ1n) is 9.83. The molecular formula is C22H33NO5S. The van der Waals surface area contributed by atoms with Gasteiger partial charge in [-0.25, -0.2) is 12.7 Å². The van der Waals surface area contributed by atoms with Crippen molar-refractivity contribution in [2.75, 3.05) is 13.1 Å². The van der Waals surface area contributed by atoms with Crippen molar-refractivity contribution in [3.63, 3.8) is 0 Å². The normalized spacial score (nSPS) is 14.8. The molecule has 1 rings (SSSR count). The molecule has 0 aliphatic heterocycles. The molecule has 0 unspecified atom stereocenters. The molecule has 0 aliphatic carbocycles. The molecule has 0 fully saturated rings. The first-order chi connectivity index (χ1) is 13.7. The Morgan fingerprint density at radius 1 is 1.17 bits per heavy atom. The van der Waals surface area contributed by atoms with Crippen LogP contribution >= 0.6 is 0 Å². The first kappa shape index (κ1) is 25.1. The maximum Gasteiger partial charge on any atom is 0.307 e. The van der Waals surface area contributed by atoms with Crippen LogP contribution in [0.2, 0.25) is 0 Å². The second kappa shape index (κ2) is 11.9. The van der Waals surface area contributed by atoms with Gasteiger partial charge in [0.25, 0.3) is 0 Å². The van der Waals surface area contributed by atoms with Crippen molar-refractivity contribution in [3.05, 3.63) is 59.9 Å². The molecule has 0 N–H and O–H groups in total. The highest BCUT2D eigenvalue weighted by Gasteiger charge is 2.34. The summed E-state index contributed by atoms with van der Waals surface area (Å²) in [5.74, 6) is -0.453. The molecule has 0 bridgehead atoms. The number of carbonyl (C=O) groups excluding carboxylic acids is 1. The molecule has 1 aromatic rings. The molecule has 6 nitrogen and oxygen atoms in total. The van der Waals surface area contributed by atoms with Crippen LogP contribution in [0.15, 0.2) is 54.3 Å². The molecule has 2 atom stereocenters. The van der Waals surface area contributed by atoms with Crippen LogP contribution in [0.25, 0.3) is 0 Å². The van der Waals surface area contributed by atoms with Crippen LogP contribution < -0.4 is 0 Å². The quantitative estimate of drug-likeness (QED) is 0.288. The minimum absolute atomic E-state index is 0.115. The molecule has 0 aromatic heterocycles. The lowest BCUT2D eigenvalue weighted by Crippen LogP contribution is -2.39. The summed E-state index contributed by atoms with van der Waals surface area (Å²) < 4.78 is 38.8. The Balaban J connectivity index is 3.29. The average molecular weight is 424 g/mol. The van der Waals surface area contributed by atoms with E-state index in [1.165, 1.54) is 18.2 Å². The van der Waals surface area contributed by atoms with E-state index in [1.54, 1.807) is 26.8 Å². The van der Waals surface area contributed by atoms with Crippen LogP contribution in [-0.2, 0) is 30.9 Å². The Labute approximate surface area is 175 Å². The lowest BCUT2D eigenvalue weighted by Gasteiger charge is -2.27. The van der Waals surface area contributed by atoms with Crippen molar-refractivity contribution >= 4 is 16.0 Å². The summed E-state index contributed by atoms with van der Waals surface area (Å²) in [6, 6.07) is 9.67. The van der Waals surface area contributed by atoms with E-state index >= 15 is 0 Å². The van der Waals surface area contributed by atoms with Crippen LogP contribution in [0.3, 0.4) is 0 Å². The van der Waals surface area contributed by atoms with Crippen LogP contribution in [-0.4, -0.2) is 43.1 Å². The molecule has 0 radical (unpaired) electrons. The van der Waals surface area contributed by atoms with Gasteiger partial charge in [-0.2, -0.15) is 0 Å². The summed E-state index contributed by atoms with van der Waals surface area (Å²) in [4.78, 5) is 11.7. The van der Waals surface area contributed by atoms with Crippen molar-refractivity contribution < 1.29 is 22.7 Å². The van der Waals surface area contributed by atoms with Gasteiger partial charge in [0, 0.05) is 20.0 Å². The van der Waals surface area contributed by atoms with Gasteiger partial charge in [0.05, 0.1) is 12.7 Å². The Kier molecular flexibility index (Phi) is 10.3. The number of carbonyl (C=O) groups is 1. The Morgan fingerprint density at radius 2 is 1.76 bits per heavy atom. The highest BCUT2D eigenvalue weighted by Crippen LogP contribution is 2.26. The summed E-state index contributed by atoms with van der Waals surface area (Å²) in [6.07, 6.45) is 1.70. The number of hydrogen-bond acceptors (Lipinski definition) is 5. The average Bonchev–Trinajstić information content (AvgIpc) is 2.69. The third kappa shape index (κ3) is 7.10. The molecular weight excluding hydrogens is 390 g/mol. The number of ether oxygens (including phenoxy) is 2. The number of hydrogen-bond donors (Lipinski definition) is 0. The van der Waals surface area contributed by atoms with Crippen LogP contribution in [0.1, 0.15) is 46.6 Å². The van der Waals surface area contributed by atoms with Crippen molar-refractivity contribution in [2.24, 2.45) is 0 Å². The van der Waals surface area contributed by atoms with Crippen molar-refractivity contribution in [1.29, 1.82) is 0 Å². The lowest BCUT2D eigenvalue weighted by atomic mass is 10.1. The van der Waals surface area contributed by atoms with Gasteiger partial charge in [-0.05, 0) is 31.4 Å². The summed E-state index contributed by atoms with van der Waals surface area (Å²) in [7, 11) is -3.69. The molecule has 7 heteroatoms. The number of esters is 1. The van der Waals surface area contributed by atoms with E-state index < -0.39 is 27.3 Å². The predicted molar refractivity (Wildman–Crippen MR) is 116 cm³/mol. The van der Waals surface area contributed by atoms with Gasteiger partial charge in [-0.3, -0.25) is 4.79 Å². The molecule has 0 saturated carbocycles. The van der Waals surface area contributed by atoms with Crippen molar-refractivity contribution in [3.8, 4) is 0 Å². The summed E-state index contributed by atoms with van der Waals surface area (Å²) in [6.45, 7) is 12.9. The Bertz CT molecular complexity index is 798. The van der Waals surface area contributed by atoms with E-state index in [9.17, 15) is 13.2 Å². The van der Waals surface area contributed by atoms with E-state index in [4.69, 9.17) is 9.47 Å². The Hall–Kier alpha value is -1.96. The molecule has 0 spiro atoms. The maximum atomic E-state index is 13.0. The number of benzene rings is 1. The highest BCUT2D eigenvalue weighted by molar-refractivity contribution is 7.89. The predicted octanol–water partition coefficient (Wildman–Crippen LogP) is 4.05. The number of rotatable bonds is 12. The zero-order valence-corrected chi connectivity index (χ0v) is 18.9. The van der Waals surface area contributed by atoms with Gasteiger partial charge in [0.2, 0.25) is 10.0 Å². The minimum atomic E-state index is -3.69. The summed E-state index contributed by atoms with van der Waals surface area (Å²) >= 11 is 0. The topological polar surface area (TPSA) is 72.9 Å². The van der Waals surface area contributed by atoms with E-state index in [1.807, 2.05) is 30.3 Å². The van der Waals surface area contributed by atoms with E-state index in [2.05, 4.69) is 6.58 Å². The molecule has 0 aliphatic rings. The largest absolute Gasteiger partial charge is 0.430 e. The number of sulfonamides is 1. The maximum absolute atomic E-state index is 13.0. The monoisotopic (exact) mass is 423 g/mol. The summed E-state index contributed by atoms with van der Waals surface area (Å²) in [5.41, 5.74) is 1.56. The van der Waals surface area contributed by atoms with Gasteiger partial charge >= 0.3 is 5.97 Å². The lowest BCUT2D eigenvalue weighted by molar-refractivity contribution is -0.137. The van der Waals surface area contributed by atoms with E-state index in [0.717, 1.165) is 5.56 Å². The van der Waals surface area contributed by atoms with E-state index in [-0.39, 0.29) is 5.76 Å².